The standard InChI is InChI=1S/C28H26FN3O4/c1-19-9-5-6-12-21(19)23(18-27(33)34)30-28(35)24-17-26(36-16-15-20-10-3-2-4-11-20)32(31-24)25-14-8-7-13-22(25)29/h2-14,17,23H,15-16,18H2,1H3,(H,30,35)(H,33,34)/t23-/m0/s1. The molecule has 184 valence electrons. The van der Waals surface area contributed by atoms with Crippen LogP contribution in [-0.2, 0) is 11.2 Å². The lowest BCUT2D eigenvalue weighted by Crippen LogP contribution is -2.31. The number of carbonyl (C=O) groups excluding carboxylic acids is 1. The Labute approximate surface area is 208 Å². The molecule has 4 aromatic rings. The first-order valence-electron chi connectivity index (χ1n) is 11.5. The molecule has 1 atom stereocenters. The number of carbonyl (C=O) groups is 2. The Balaban J connectivity index is 1.60. The summed E-state index contributed by atoms with van der Waals surface area (Å²) in [6.45, 7) is 2.14. The van der Waals surface area contributed by atoms with Gasteiger partial charge in [-0.1, -0.05) is 66.7 Å². The van der Waals surface area contributed by atoms with Gasteiger partial charge >= 0.3 is 5.97 Å². The maximum absolute atomic E-state index is 14.6. The highest BCUT2D eigenvalue weighted by atomic mass is 19.1. The highest BCUT2D eigenvalue weighted by Gasteiger charge is 2.24. The van der Waals surface area contributed by atoms with E-state index in [2.05, 4.69) is 10.4 Å². The zero-order valence-corrected chi connectivity index (χ0v) is 19.7. The van der Waals surface area contributed by atoms with Crippen molar-refractivity contribution < 1.29 is 23.8 Å². The zero-order chi connectivity index (χ0) is 25.5. The average Bonchev–Trinajstić information content (AvgIpc) is 3.29. The molecule has 3 aromatic carbocycles. The van der Waals surface area contributed by atoms with Crippen LogP contribution in [0.15, 0.2) is 84.9 Å². The number of amides is 1. The van der Waals surface area contributed by atoms with Crippen LogP contribution in [0.3, 0.4) is 0 Å². The van der Waals surface area contributed by atoms with E-state index in [0.29, 0.717) is 12.0 Å². The van der Waals surface area contributed by atoms with E-state index in [9.17, 15) is 19.1 Å². The van der Waals surface area contributed by atoms with E-state index < -0.39 is 23.7 Å². The second-order valence-electron chi connectivity index (χ2n) is 8.30. The Morgan fingerprint density at radius 1 is 1.03 bits per heavy atom. The van der Waals surface area contributed by atoms with E-state index in [1.807, 2.05) is 49.4 Å². The minimum atomic E-state index is -1.05. The highest BCUT2D eigenvalue weighted by molar-refractivity contribution is 5.93. The lowest BCUT2D eigenvalue weighted by Gasteiger charge is -2.18. The molecular weight excluding hydrogens is 461 g/mol. The van der Waals surface area contributed by atoms with Crippen LogP contribution in [0.4, 0.5) is 4.39 Å². The number of aliphatic carboxylic acids is 1. The molecular formula is C28H26FN3O4. The molecule has 0 aliphatic carbocycles. The summed E-state index contributed by atoms with van der Waals surface area (Å²) in [6.07, 6.45) is 0.309. The second-order valence-corrected chi connectivity index (χ2v) is 8.30. The van der Waals surface area contributed by atoms with Gasteiger partial charge < -0.3 is 15.2 Å². The van der Waals surface area contributed by atoms with Gasteiger partial charge in [-0.15, -0.1) is 0 Å². The summed E-state index contributed by atoms with van der Waals surface area (Å²) in [6, 6.07) is 23.7. The molecule has 0 radical (unpaired) electrons. The molecule has 0 fully saturated rings. The van der Waals surface area contributed by atoms with Crippen molar-refractivity contribution in [2.45, 2.75) is 25.8 Å². The summed E-state index contributed by atoms with van der Waals surface area (Å²) in [5.41, 5.74) is 2.73. The Morgan fingerprint density at radius 2 is 1.72 bits per heavy atom. The Kier molecular flexibility index (Phi) is 7.75. The van der Waals surface area contributed by atoms with Crippen molar-refractivity contribution in [2.75, 3.05) is 6.61 Å². The van der Waals surface area contributed by atoms with E-state index in [1.54, 1.807) is 24.3 Å². The van der Waals surface area contributed by atoms with E-state index in [0.717, 1.165) is 11.1 Å². The third-order valence-corrected chi connectivity index (χ3v) is 5.72. The molecule has 0 unspecified atom stereocenters. The van der Waals surface area contributed by atoms with Crippen molar-refractivity contribution in [1.29, 1.82) is 0 Å². The number of benzene rings is 3. The minimum Gasteiger partial charge on any atom is -0.481 e. The molecule has 1 aromatic heterocycles. The topological polar surface area (TPSA) is 93.5 Å². The summed E-state index contributed by atoms with van der Waals surface area (Å²) in [4.78, 5) is 24.7. The van der Waals surface area contributed by atoms with Gasteiger partial charge in [0.15, 0.2) is 5.69 Å². The lowest BCUT2D eigenvalue weighted by molar-refractivity contribution is -0.137. The van der Waals surface area contributed by atoms with Gasteiger partial charge in [-0.3, -0.25) is 9.59 Å². The minimum absolute atomic E-state index is 0.0167. The van der Waals surface area contributed by atoms with Gasteiger partial charge in [0, 0.05) is 12.5 Å². The van der Waals surface area contributed by atoms with Gasteiger partial charge in [-0.2, -0.15) is 9.78 Å². The average molecular weight is 488 g/mol. The number of aromatic nitrogens is 2. The number of nitrogens with zero attached hydrogens (tertiary/aromatic N) is 2. The predicted molar refractivity (Wildman–Crippen MR) is 133 cm³/mol. The SMILES string of the molecule is Cc1ccccc1[C@H](CC(=O)O)NC(=O)c1cc(OCCc2ccccc2)n(-c2ccccc2F)n1. The fourth-order valence-corrected chi connectivity index (χ4v) is 3.92. The van der Waals surface area contributed by atoms with Crippen molar-refractivity contribution >= 4 is 11.9 Å². The molecule has 4 rings (SSSR count). The number of para-hydroxylation sites is 1. The van der Waals surface area contributed by atoms with Gasteiger partial charge in [0.25, 0.3) is 5.91 Å². The van der Waals surface area contributed by atoms with Crippen molar-refractivity contribution in [3.05, 3.63) is 113 Å². The number of ether oxygens (including phenoxy) is 1. The maximum atomic E-state index is 14.6. The lowest BCUT2D eigenvalue weighted by atomic mass is 9.98. The molecule has 7 nitrogen and oxygen atoms in total. The van der Waals surface area contributed by atoms with Gasteiger partial charge in [0.1, 0.15) is 11.5 Å². The first kappa shape index (κ1) is 24.7. The molecule has 0 aliphatic rings. The number of rotatable bonds is 10. The normalized spacial score (nSPS) is 11.6. The van der Waals surface area contributed by atoms with Gasteiger partial charge in [-0.25, -0.2) is 4.39 Å². The van der Waals surface area contributed by atoms with E-state index in [4.69, 9.17) is 4.74 Å². The van der Waals surface area contributed by atoms with Crippen LogP contribution >= 0.6 is 0 Å². The Hall–Kier alpha value is -4.46. The van der Waals surface area contributed by atoms with Crippen LogP contribution in [0.5, 0.6) is 5.88 Å². The number of carboxylic acids is 1. The third-order valence-electron chi connectivity index (χ3n) is 5.72. The summed E-state index contributed by atoms with van der Waals surface area (Å²) >= 11 is 0. The molecule has 0 spiro atoms. The first-order chi connectivity index (χ1) is 17.4. The van der Waals surface area contributed by atoms with Gasteiger partial charge in [0.2, 0.25) is 5.88 Å². The highest BCUT2D eigenvalue weighted by Crippen LogP contribution is 2.24. The number of nitrogens with one attached hydrogen (secondary N) is 1. The Bertz CT molecular complexity index is 1350. The van der Waals surface area contributed by atoms with E-state index >= 15 is 0 Å². The monoisotopic (exact) mass is 487 g/mol. The summed E-state index contributed by atoms with van der Waals surface area (Å²) in [5.74, 6) is -1.96. The third kappa shape index (κ3) is 5.96. The molecule has 0 saturated heterocycles. The molecule has 1 heterocycles. The fourth-order valence-electron chi connectivity index (χ4n) is 3.92. The van der Waals surface area contributed by atoms with Crippen molar-refractivity contribution in [1.82, 2.24) is 15.1 Å². The number of hydrogen-bond donors (Lipinski definition) is 2. The molecule has 2 N–H and O–H groups in total. The van der Waals surface area contributed by atoms with Crippen LogP contribution in [0.1, 0.15) is 39.6 Å². The second kappa shape index (κ2) is 11.3. The van der Waals surface area contributed by atoms with E-state index in [1.165, 1.54) is 22.9 Å². The van der Waals surface area contributed by atoms with Gasteiger partial charge in [0.05, 0.1) is 19.1 Å². The predicted octanol–water partition coefficient (Wildman–Crippen LogP) is 4.89. The number of aryl methyl sites for hydroxylation is 1. The smallest absolute Gasteiger partial charge is 0.305 e. The largest absolute Gasteiger partial charge is 0.481 e. The summed E-state index contributed by atoms with van der Waals surface area (Å²) in [5, 5.41) is 16.5. The summed E-state index contributed by atoms with van der Waals surface area (Å²) in [7, 11) is 0. The molecule has 8 heteroatoms. The Morgan fingerprint density at radius 3 is 2.44 bits per heavy atom. The van der Waals surface area contributed by atoms with Crippen LogP contribution in [0.25, 0.3) is 5.69 Å². The zero-order valence-electron chi connectivity index (χ0n) is 19.7. The van der Waals surface area contributed by atoms with Crippen LogP contribution in [-0.4, -0.2) is 33.4 Å². The van der Waals surface area contributed by atoms with E-state index in [-0.39, 0.29) is 30.3 Å². The van der Waals surface area contributed by atoms with Crippen LogP contribution < -0.4 is 10.1 Å². The molecule has 0 bridgehead atoms. The maximum Gasteiger partial charge on any atom is 0.305 e. The molecule has 1 amide bonds. The molecule has 0 aliphatic heterocycles. The number of hydrogen-bond acceptors (Lipinski definition) is 4. The van der Waals surface area contributed by atoms with Gasteiger partial charge in [-0.05, 0) is 35.7 Å². The van der Waals surface area contributed by atoms with Crippen molar-refractivity contribution in [3.8, 4) is 11.6 Å². The number of halogens is 1. The quantitative estimate of drug-likeness (QED) is 0.332. The first-order valence-corrected chi connectivity index (χ1v) is 11.5. The number of carboxylic acid groups (broad SMARTS) is 1. The molecule has 36 heavy (non-hydrogen) atoms. The molecule has 0 saturated carbocycles. The van der Waals surface area contributed by atoms with Crippen LogP contribution in [0, 0.1) is 12.7 Å². The fraction of sp³-hybridized carbons (Fsp3) is 0.179. The van der Waals surface area contributed by atoms with Crippen molar-refractivity contribution in [2.24, 2.45) is 0 Å². The summed E-state index contributed by atoms with van der Waals surface area (Å²) < 4.78 is 21.7. The van der Waals surface area contributed by atoms with Crippen LogP contribution in [0.2, 0.25) is 0 Å². The van der Waals surface area contributed by atoms with Crippen molar-refractivity contribution in [3.63, 3.8) is 0 Å².